The molecule has 0 aromatic heterocycles. The van der Waals surface area contributed by atoms with E-state index in [1.54, 1.807) is 12.1 Å². The fraction of sp³-hybridized carbons (Fsp3) is 0.533. The van der Waals surface area contributed by atoms with Crippen LogP contribution in [0.5, 0.6) is 5.75 Å². The monoisotopic (exact) mass is 282 g/mol. The first-order valence-electron chi connectivity index (χ1n) is 7.04. The molecule has 0 heterocycles. The predicted molar refractivity (Wildman–Crippen MR) is 77.0 cm³/mol. The van der Waals surface area contributed by atoms with Crippen LogP contribution in [0.15, 0.2) is 24.3 Å². The van der Waals surface area contributed by atoms with Gasteiger partial charge < -0.3 is 15.8 Å². The topological polar surface area (TPSA) is 64.3 Å². The summed E-state index contributed by atoms with van der Waals surface area (Å²) in [5.41, 5.74) is 5.61. The van der Waals surface area contributed by atoms with E-state index in [1.165, 1.54) is 12.1 Å². The average molecular weight is 282 g/mol. The van der Waals surface area contributed by atoms with Crippen LogP contribution in [-0.2, 0) is 4.79 Å². The number of nitrogens with two attached hydrogens (primary N) is 1. The van der Waals surface area contributed by atoms with Crippen LogP contribution in [0, 0.1) is 5.82 Å². The summed E-state index contributed by atoms with van der Waals surface area (Å²) in [5.74, 6) is -0.370. The Morgan fingerprint density at radius 1 is 1.45 bits per heavy atom. The van der Waals surface area contributed by atoms with Gasteiger partial charge in [-0.15, -0.1) is 0 Å². The summed E-state index contributed by atoms with van der Waals surface area (Å²) in [6, 6.07) is 6.15. The van der Waals surface area contributed by atoms with E-state index in [-0.39, 0.29) is 30.7 Å². The van der Waals surface area contributed by atoms with Crippen molar-refractivity contribution in [3.63, 3.8) is 0 Å². The number of unbranched alkanes of at least 4 members (excludes halogenated alkanes) is 1. The van der Waals surface area contributed by atoms with Gasteiger partial charge in [0.25, 0.3) is 0 Å². The van der Waals surface area contributed by atoms with Crippen LogP contribution in [0.3, 0.4) is 0 Å². The Hall–Kier alpha value is -1.62. The van der Waals surface area contributed by atoms with Crippen LogP contribution in [0.2, 0.25) is 0 Å². The molecule has 1 amide bonds. The molecule has 0 saturated carbocycles. The molecule has 1 rings (SSSR count). The molecule has 112 valence electrons. The molecule has 0 aliphatic heterocycles. The maximum atomic E-state index is 13.3. The fourth-order valence-corrected chi connectivity index (χ4v) is 1.81. The molecule has 0 aliphatic rings. The Bertz CT molecular complexity index is 413. The Morgan fingerprint density at radius 3 is 2.85 bits per heavy atom. The number of ether oxygens (including phenoxy) is 1. The highest BCUT2D eigenvalue weighted by Gasteiger charge is 2.10. The summed E-state index contributed by atoms with van der Waals surface area (Å²) in [5, 5.41) is 2.86. The molecule has 0 aliphatic carbocycles. The van der Waals surface area contributed by atoms with E-state index in [1.807, 2.05) is 0 Å². The van der Waals surface area contributed by atoms with Crippen molar-refractivity contribution in [2.24, 2.45) is 5.73 Å². The number of benzene rings is 1. The largest absolute Gasteiger partial charge is 0.490 e. The molecule has 1 aromatic rings. The minimum atomic E-state index is -0.421. The van der Waals surface area contributed by atoms with Crippen LogP contribution in [0.1, 0.15) is 32.6 Å². The zero-order chi connectivity index (χ0) is 14.8. The molecule has 1 atom stereocenters. The van der Waals surface area contributed by atoms with Gasteiger partial charge in [0, 0.05) is 12.6 Å². The van der Waals surface area contributed by atoms with Gasteiger partial charge >= 0.3 is 0 Å². The third-order valence-corrected chi connectivity index (χ3v) is 2.98. The van der Waals surface area contributed by atoms with Crippen molar-refractivity contribution >= 4 is 5.91 Å². The standard InChI is InChI=1S/C15H23FN2O2/c1-2-3-6-12(11-17)18-15(19)9-10-20-14-8-5-4-7-13(14)16/h4-5,7-8,12H,2-3,6,9-11,17H2,1H3,(H,18,19). The number of nitrogens with one attached hydrogen (secondary N) is 1. The van der Waals surface area contributed by atoms with Gasteiger partial charge in [0.1, 0.15) is 0 Å². The lowest BCUT2D eigenvalue weighted by Crippen LogP contribution is -2.40. The molecule has 0 saturated heterocycles. The van der Waals surface area contributed by atoms with Crippen LogP contribution in [0.25, 0.3) is 0 Å². The SMILES string of the molecule is CCCCC(CN)NC(=O)CCOc1ccccc1F. The number of hydrogen-bond donors (Lipinski definition) is 2. The van der Waals surface area contributed by atoms with E-state index in [2.05, 4.69) is 12.2 Å². The summed E-state index contributed by atoms with van der Waals surface area (Å²) in [7, 11) is 0. The number of para-hydroxylation sites is 1. The normalized spacial score (nSPS) is 11.9. The minimum absolute atomic E-state index is 0.0101. The maximum absolute atomic E-state index is 13.3. The Morgan fingerprint density at radius 2 is 2.20 bits per heavy atom. The summed E-state index contributed by atoms with van der Waals surface area (Å²) in [6.45, 7) is 2.68. The summed E-state index contributed by atoms with van der Waals surface area (Å²) < 4.78 is 18.5. The molecule has 1 unspecified atom stereocenters. The highest BCUT2D eigenvalue weighted by molar-refractivity contribution is 5.76. The maximum Gasteiger partial charge on any atom is 0.223 e. The zero-order valence-electron chi connectivity index (χ0n) is 11.9. The Labute approximate surface area is 119 Å². The van der Waals surface area contributed by atoms with E-state index < -0.39 is 5.82 Å². The van der Waals surface area contributed by atoms with Crippen LogP contribution < -0.4 is 15.8 Å². The molecule has 1 aromatic carbocycles. The van der Waals surface area contributed by atoms with E-state index in [9.17, 15) is 9.18 Å². The first kappa shape index (κ1) is 16.4. The van der Waals surface area contributed by atoms with Crippen molar-refractivity contribution < 1.29 is 13.9 Å². The van der Waals surface area contributed by atoms with Crippen molar-refractivity contribution in [2.75, 3.05) is 13.2 Å². The smallest absolute Gasteiger partial charge is 0.223 e. The quantitative estimate of drug-likeness (QED) is 0.730. The van der Waals surface area contributed by atoms with Gasteiger partial charge in [-0.2, -0.15) is 0 Å². The second-order valence-corrected chi connectivity index (χ2v) is 4.67. The van der Waals surface area contributed by atoms with Crippen LogP contribution in [0.4, 0.5) is 4.39 Å². The van der Waals surface area contributed by atoms with E-state index >= 15 is 0 Å². The molecule has 20 heavy (non-hydrogen) atoms. The van der Waals surface area contributed by atoms with Gasteiger partial charge in [0.05, 0.1) is 13.0 Å². The van der Waals surface area contributed by atoms with Crippen molar-refractivity contribution in [3.05, 3.63) is 30.1 Å². The first-order valence-corrected chi connectivity index (χ1v) is 7.04. The van der Waals surface area contributed by atoms with Crippen LogP contribution in [-0.4, -0.2) is 25.1 Å². The van der Waals surface area contributed by atoms with Crippen molar-refractivity contribution in [1.82, 2.24) is 5.32 Å². The number of rotatable bonds is 9. The molecular weight excluding hydrogens is 259 g/mol. The van der Waals surface area contributed by atoms with Gasteiger partial charge in [-0.25, -0.2) is 4.39 Å². The molecule has 0 fully saturated rings. The van der Waals surface area contributed by atoms with E-state index in [0.717, 1.165) is 19.3 Å². The van der Waals surface area contributed by atoms with Gasteiger partial charge in [-0.05, 0) is 18.6 Å². The second kappa shape index (κ2) is 9.31. The van der Waals surface area contributed by atoms with E-state index in [4.69, 9.17) is 10.5 Å². The summed E-state index contributed by atoms with van der Waals surface area (Å²) in [4.78, 5) is 11.7. The van der Waals surface area contributed by atoms with Crippen LogP contribution >= 0.6 is 0 Å². The average Bonchev–Trinajstić information content (AvgIpc) is 2.45. The highest BCUT2D eigenvalue weighted by Crippen LogP contribution is 2.15. The molecule has 5 heteroatoms. The van der Waals surface area contributed by atoms with Crippen molar-refractivity contribution in [3.8, 4) is 5.75 Å². The molecule has 3 N–H and O–H groups in total. The summed E-state index contributed by atoms with van der Waals surface area (Å²) in [6.07, 6.45) is 3.18. The number of hydrogen-bond acceptors (Lipinski definition) is 3. The fourth-order valence-electron chi connectivity index (χ4n) is 1.81. The third-order valence-electron chi connectivity index (χ3n) is 2.98. The van der Waals surface area contributed by atoms with Gasteiger partial charge in [-0.3, -0.25) is 4.79 Å². The Balaban J connectivity index is 2.27. The van der Waals surface area contributed by atoms with Gasteiger partial charge in [0.15, 0.2) is 11.6 Å². The van der Waals surface area contributed by atoms with E-state index in [0.29, 0.717) is 6.54 Å². The first-order chi connectivity index (χ1) is 9.67. The van der Waals surface area contributed by atoms with Crippen molar-refractivity contribution in [2.45, 2.75) is 38.6 Å². The number of carbonyl (C=O) groups is 1. The number of carbonyl (C=O) groups excluding carboxylic acids is 1. The third kappa shape index (κ3) is 6.02. The highest BCUT2D eigenvalue weighted by atomic mass is 19.1. The van der Waals surface area contributed by atoms with Crippen molar-refractivity contribution in [1.29, 1.82) is 0 Å². The molecule has 0 bridgehead atoms. The second-order valence-electron chi connectivity index (χ2n) is 4.67. The summed E-state index contributed by atoms with van der Waals surface area (Å²) >= 11 is 0. The lowest BCUT2D eigenvalue weighted by Gasteiger charge is -2.16. The number of halogens is 1. The molecule has 0 radical (unpaired) electrons. The lowest BCUT2D eigenvalue weighted by molar-refractivity contribution is -0.122. The molecule has 4 nitrogen and oxygen atoms in total. The predicted octanol–water partition coefficient (Wildman–Crippen LogP) is 2.23. The molecule has 0 spiro atoms. The van der Waals surface area contributed by atoms with Gasteiger partial charge in [-0.1, -0.05) is 31.9 Å². The number of amides is 1. The molecular formula is C15H23FN2O2. The lowest BCUT2D eigenvalue weighted by atomic mass is 10.1. The minimum Gasteiger partial charge on any atom is -0.490 e. The zero-order valence-corrected chi connectivity index (χ0v) is 11.9. The van der Waals surface area contributed by atoms with Gasteiger partial charge in [0.2, 0.25) is 5.91 Å². The Kier molecular flexibility index (Phi) is 7.65.